The maximum Gasteiger partial charge on any atom is 0.143 e. The van der Waals surface area contributed by atoms with Crippen LogP contribution in [0, 0.1) is 0 Å². The summed E-state index contributed by atoms with van der Waals surface area (Å²) in [6.07, 6.45) is 0. The molecule has 0 N–H and O–H groups in total. The second-order valence-electron chi connectivity index (χ2n) is 12.8. The predicted octanol–water partition coefficient (Wildman–Crippen LogP) is 13.7. The number of rotatable bonds is 4. The Morgan fingerprint density at radius 3 is 1.73 bits per heavy atom. The normalized spacial score (nSPS) is 11.7. The first-order valence-electron chi connectivity index (χ1n) is 16.8. The van der Waals surface area contributed by atoms with E-state index in [9.17, 15) is 0 Å². The second-order valence-corrected chi connectivity index (χ2v) is 12.8. The molecular weight excluding hydrogens is 593 g/mol. The Hall–Kier alpha value is -6.44. The minimum absolute atomic E-state index is 0.915. The number of benzene rings is 9. The summed E-state index contributed by atoms with van der Waals surface area (Å²) in [5, 5.41) is 9.81. The van der Waals surface area contributed by atoms with Gasteiger partial charge in [0.15, 0.2) is 0 Å². The fourth-order valence-electron chi connectivity index (χ4n) is 7.85. The standard InChI is InChI=1S/C48H30O/c1-2-14-32(15-3-1)46-40-21-6-7-22-41(40)47(39-24-11-16-31-13-4-5-19-36(31)39)44-30-34(27-28-42(44)46)33-17-10-18-35(29-33)37-23-12-25-43-38-20-8-9-26-45(38)49-48(37)43/h1-30H. The van der Waals surface area contributed by atoms with Crippen molar-refractivity contribution in [2.75, 3.05) is 0 Å². The summed E-state index contributed by atoms with van der Waals surface area (Å²) in [5.74, 6) is 0. The van der Waals surface area contributed by atoms with Crippen molar-refractivity contribution in [2.24, 2.45) is 0 Å². The summed E-state index contributed by atoms with van der Waals surface area (Å²) in [5.41, 5.74) is 11.5. The van der Waals surface area contributed by atoms with Crippen molar-refractivity contribution in [2.45, 2.75) is 0 Å². The molecule has 0 bridgehead atoms. The quantitative estimate of drug-likeness (QED) is 0.178. The van der Waals surface area contributed by atoms with Crippen molar-refractivity contribution in [1.29, 1.82) is 0 Å². The minimum atomic E-state index is 0.915. The Balaban J connectivity index is 1.25. The van der Waals surface area contributed by atoms with Gasteiger partial charge in [-0.05, 0) is 89.5 Å². The van der Waals surface area contributed by atoms with E-state index in [2.05, 4.69) is 170 Å². The van der Waals surface area contributed by atoms with E-state index in [0.717, 1.165) is 33.1 Å². The Morgan fingerprint density at radius 1 is 0.286 bits per heavy atom. The summed E-state index contributed by atoms with van der Waals surface area (Å²) < 4.78 is 6.44. The van der Waals surface area contributed by atoms with Crippen LogP contribution in [0.15, 0.2) is 186 Å². The summed E-state index contributed by atoms with van der Waals surface area (Å²) in [7, 11) is 0. The predicted molar refractivity (Wildman–Crippen MR) is 208 cm³/mol. The first-order valence-corrected chi connectivity index (χ1v) is 16.8. The number of hydrogen-bond acceptors (Lipinski definition) is 1. The van der Waals surface area contributed by atoms with Crippen LogP contribution >= 0.6 is 0 Å². The van der Waals surface area contributed by atoms with Crippen LogP contribution in [-0.2, 0) is 0 Å². The molecule has 0 spiro atoms. The molecule has 0 aliphatic carbocycles. The van der Waals surface area contributed by atoms with E-state index in [-0.39, 0.29) is 0 Å². The summed E-state index contributed by atoms with van der Waals surface area (Å²) in [4.78, 5) is 0. The van der Waals surface area contributed by atoms with Gasteiger partial charge in [-0.25, -0.2) is 0 Å². The zero-order chi connectivity index (χ0) is 32.3. The molecule has 10 rings (SSSR count). The lowest BCUT2D eigenvalue weighted by atomic mass is 9.83. The molecule has 10 aromatic rings. The summed E-state index contributed by atoms with van der Waals surface area (Å²) in [6.45, 7) is 0. The first-order chi connectivity index (χ1) is 24.3. The monoisotopic (exact) mass is 622 g/mol. The molecule has 49 heavy (non-hydrogen) atoms. The lowest BCUT2D eigenvalue weighted by Gasteiger charge is -2.20. The van der Waals surface area contributed by atoms with Crippen LogP contribution in [0.3, 0.4) is 0 Å². The van der Waals surface area contributed by atoms with E-state index in [0.29, 0.717) is 0 Å². The Morgan fingerprint density at radius 2 is 0.857 bits per heavy atom. The van der Waals surface area contributed by atoms with E-state index in [4.69, 9.17) is 4.42 Å². The molecular formula is C48H30O. The number of para-hydroxylation sites is 2. The number of hydrogen-bond donors (Lipinski definition) is 0. The van der Waals surface area contributed by atoms with Crippen molar-refractivity contribution >= 4 is 54.3 Å². The highest BCUT2D eigenvalue weighted by Gasteiger charge is 2.19. The maximum atomic E-state index is 6.44. The number of furan rings is 1. The van der Waals surface area contributed by atoms with Gasteiger partial charge in [0.05, 0.1) is 0 Å². The topological polar surface area (TPSA) is 13.1 Å². The van der Waals surface area contributed by atoms with Gasteiger partial charge in [-0.2, -0.15) is 0 Å². The molecule has 9 aromatic carbocycles. The van der Waals surface area contributed by atoms with Crippen LogP contribution in [0.4, 0.5) is 0 Å². The highest BCUT2D eigenvalue weighted by Crippen LogP contribution is 2.46. The van der Waals surface area contributed by atoms with E-state index in [1.165, 1.54) is 65.7 Å². The van der Waals surface area contributed by atoms with Crippen LogP contribution in [-0.4, -0.2) is 0 Å². The highest BCUT2D eigenvalue weighted by molar-refractivity contribution is 6.24. The largest absolute Gasteiger partial charge is 0.455 e. The molecule has 1 aromatic heterocycles. The maximum absolute atomic E-state index is 6.44. The molecule has 0 radical (unpaired) electrons. The van der Waals surface area contributed by atoms with Gasteiger partial charge in [0.2, 0.25) is 0 Å². The fraction of sp³-hybridized carbons (Fsp3) is 0. The van der Waals surface area contributed by atoms with Gasteiger partial charge in [-0.15, -0.1) is 0 Å². The molecule has 1 heteroatoms. The lowest BCUT2D eigenvalue weighted by molar-refractivity contribution is 0.670. The van der Waals surface area contributed by atoms with E-state index >= 15 is 0 Å². The van der Waals surface area contributed by atoms with Crippen molar-refractivity contribution in [3.8, 4) is 44.5 Å². The van der Waals surface area contributed by atoms with Gasteiger partial charge in [0.1, 0.15) is 11.2 Å². The molecule has 0 saturated heterocycles. The fourth-order valence-corrected chi connectivity index (χ4v) is 7.85. The third-order valence-electron chi connectivity index (χ3n) is 10.1. The third-order valence-corrected chi connectivity index (χ3v) is 10.1. The van der Waals surface area contributed by atoms with Crippen LogP contribution < -0.4 is 0 Å². The Kier molecular flexibility index (Phi) is 6.25. The van der Waals surface area contributed by atoms with Gasteiger partial charge in [-0.3, -0.25) is 0 Å². The zero-order valence-electron chi connectivity index (χ0n) is 26.7. The van der Waals surface area contributed by atoms with Gasteiger partial charge >= 0.3 is 0 Å². The van der Waals surface area contributed by atoms with E-state index in [1.54, 1.807) is 0 Å². The molecule has 0 aliphatic rings. The SMILES string of the molecule is c1ccc(-c2c3ccccc3c(-c3cccc4ccccc34)c3cc(-c4cccc(-c5cccc6c5oc5ccccc56)c4)ccc23)cc1. The molecule has 0 atom stereocenters. The lowest BCUT2D eigenvalue weighted by Crippen LogP contribution is -1.92. The van der Waals surface area contributed by atoms with Crippen LogP contribution in [0.1, 0.15) is 0 Å². The molecule has 0 fully saturated rings. The van der Waals surface area contributed by atoms with E-state index in [1.807, 2.05) is 12.1 Å². The average molecular weight is 623 g/mol. The minimum Gasteiger partial charge on any atom is -0.455 e. The van der Waals surface area contributed by atoms with Crippen molar-refractivity contribution in [3.05, 3.63) is 182 Å². The average Bonchev–Trinajstić information content (AvgIpc) is 3.56. The Labute approximate surface area is 284 Å². The molecule has 0 saturated carbocycles. The van der Waals surface area contributed by atoms with Crippen LogP contribution in [0.25, 0.3) is 98.8 Å². The molecule has 0 aliphatic heterocycles. The smallest absolute Gasteiger partial charge is 0.143 e. The molecule has 0 unspecified atom stereocenters. The zero-order valence-corrected chi connectivity index (χ0v) is 26.7. The molecule has 1 nitrogen and oxygen atoms in total. The third kappa shape index (κ3) is 4.40. The van der Waals surface area contributed by atoms with Gasteiger partial charge in [0.25, 0.3) is 0 Å². The summed E-state index contributed by atoms with van der Waals surface area (Å²) >= 11 is 0. The summed E-state index contributed by atoms with van der Waals surface area (Å²) in [6, 6.07) is 65.8. The Bertz CT molecular complexity index is 2870. The first kappa shape index (κ1) is 27.7. The van der Waals surface area contributed by atoms with Crippen molar-refractivity contribution in [1.82, 2.24) is 0 Å². The number of fused-ring (bicyclic) bond motifs is 6. The molecule has 228 valence electrons. The van der Waals surface area contributed by atoms with E-state index < -0.39 is 0 Å². The van der Waals surface area contributed by atoms with Gasteiger partial charge in [-0.1, -0.05) is 164 Å². The van der Waals surface area contributed by atoms with Gasteiger partial charge < -0.3 is 4.42 Å². The second kappa shape index (κ2) is 11.1. The highest BCUT2D eigenvalue weighted by atomic mass is 16.3. The molecule has 1 heterocycles. The van der Waals surface area contributed by atoms with Gasteiger partial charge in [0, 0.05) is 16.3 Å². The van der Waals surface area contributed by atoms with Crippen molar-refractivity contribution in [3.63, 3.8) is 0 Å². The molecule has 0 amide bonds. The van der Waals surface area contributed by atoms with Crippen LogP contribution in [0.5, 0.6) is 0 Å². The van der Waals surface area contributed by atoms with Crippen LogP contribution in [0.2, 0.25) is 0 Å². The van der Waals surface area contributed by atoms with Crippen molar-refractivity contribution < 1.29 is 4.42 Å².